The summed E-state index contributed by atoms with van der Waals surface area (Å²) in [5, 5.41) is 4.83. The van der Waals surface area contributed by atoms with E-state index in [0.29, 0.717) is 16.3 Å². The van der Waals surface area contributed by atoms with Crippen LogP contribution in [0.25, 0.3) is 11.3 Å². The van der Waals surface area contributed by atoms with E-state index in [0.717, 1.165) is 37.0 Å². The number of carbonyl (C=O) groups is 1. The third-order valence-electron chi connectivity index (χ3n) is 5.92. The van der Waals surface area contributed by atoms with Crippen LogP contribution in [0.2, 0.25) is 5.02 Å². The first-order valence-electron chi connectivity index (χ1n) is 10.2. The average Bonchev–Trinajstić information content (AvgIpc) is 3.12. The van der Waals surface area contributed by atoms with Crippen LogP contribution in [0.4, 0.5) is 0 Å². The van der Waals surface area contributed by atoms with Crippen molar-refractivity contribution in [2.24, 2.45) is 5.92 Å². The first kappa shape index (κ1) is 18.7. The second-order valence-corrected chi connectivity index (χ2v) is 8.27. The summed E-state index contributed by atoms with van der Waals surface area (Å²) in [6.07, 6.45) is 8.98. The molecule has 2 heterocycles. The molecule has 2 aromatic rings. The molecule has 0 radical (unpaired) electrons. The van der Waals surface area contributed by atoms with Crippen LogP contribution in [0.15, 0.2) is 28.8 Å². The third-order valence-corrected chi connectivity index (χ3v) is 6.16. The van der Waals surface area contributed by atoms with E-state index >= 15 is 0 Å². The fourth-order valence-corrected chi connectivity index (χ4v) is 4.60. The van der Waals surface area contributed by atoms with Crippen molar-refractivity contribution < 1.29 is 9.32 Å². The molecule has 27 heavy (non-hydrogen) atoms. The number of Topliss-reactive ketones (excluding diaryl/α,β-unsaturated/α-hetero) is 1. The lowest BCUT2D eigenvalue weighted by molar-refractivity contribution is 0.0886. The molecule has 2 aliphatic rings. The summed E-state index contributed by atoms with van der Waals surface area (Å²) in [4.78, 5) is 15.7. The lowest BCUT2D eigenvalue weighted by Crippen LogP contribution is -2.30. The number of piperidine rings is 1. The topological polar surface area (TPSA) is 46.3 Å². The Morgan fingerprint density at radius 2 is 2.04 bits per heavy atom. The van der Waals surface area contributed by atoms with Crippen molar-refractivity contribution in [2.75, 3.05) is 19.6 Å². The number of nitrogens with zero attached hydrogens (tertiary/aromatic N) is 2. The molecule has 1 unspecified atom stereocenters. The summed E-state index contributed by atoms with van der Waals surface area (Å²) in [6.45, 7) is 3.66. The number of hydrogen-bond donors (Lipinski definition) is 0. The van der Waals surface area contributed by atoms with Crippen molar-refractivity contribution in [1.29, 1.82) is 0 Å². The Labute approximate surface area is 165 Å². The van der Waals surface area contributed by atoms with E-state index < -0.39 is 0 Å². The zero-order valence-electron chi connectivity index (χ0n) is 15.8. The summed E-state index contributed by atoms with van der Waals surface area (Å²) in [6, 6.07) is 7.48. The van der Waals surface area contributed by atoms with Crippen molar-refractivity contribution in [1.82, 2.24) is 10.1 Å². The molecular formula is C22H27ClN2O2. The number of benzene rings is 1. The smallest absolute Gasteiger partial charge is 0.171 e. The molecular weight excluding hydrogens is 360 g/mol. The minimum atomic E-state index is 0.0937. The molecule has 1 aliphatic carbocycles. The Morgan fingerprint density at radius 3 is 2.85 bits per heavy atom. The molecule has 5 heteroatoms. The van der Waals surface area contributed by atoms with Gasteiger partial charge in [0.2, 0.25) is 0 Å². The van der Waals surface area contributed by atoms with Gasteiger partial charge >= 0.3 is 0 Å². The predicted molar refractivity (Wildman–Crippen MR) is 107 cm³/mol. The number of rotatable bonds is 6. The number of hydrogen-bond acceptors (Lipinski definition) is 4. The number of carbonyl (C=O) groups excluding carboxylic acids is 1. The fraction of sp³-hybridized carbons (Fsp3) is 0.545. The van der Waals surface area contributed by atoms with Crippen LogP contribution in [-0.2, 0) is 6.42 Å². The number of unbranched alkanes of at least 4 members (excludes halogenated alkanes) is 1. The Morgan fingerprint density at radius 1 is 1.19 bits per heavy atom. The monoisotopic (exact) mass is 386 g/mol. The number of aryl methyl sites for hydroxylation is 1. The van der Waals surface area contributed by atoms with E-state index in [1.807, 2.05) is 24.3 Å². The second-order valence-electron chi connectivity index (χ2n) is 7.84. The van der Waals surface area contributed by atoms with Crippen molar-refractivity contribution in [3.8, 4) is 11.3 Å². The highest BCUT2D eigenvalue weighted by molar-refractivity contribution is 6.30. The molecule has 1 saturated heterocycles. The van der Waals surface area contributed by atoms with Crippen LogP contribution in [0.5, 0.6) is 0 Å². The number of ketones is 1. The standard InChI is InChI=1S/C22H27ClN2O2/c23-18-9-6-8-17(15-18)21-20-19(27-24-21)11-10-16(22(20)26)7-2-5-14-25-12-3-1-4-13-25/h6,8-9,15-16H,1-5,7,10-14H2. The van der Waals surface area contributed by atoms with Gasteiger partial charge in [0, 0.05) is 22.9 Å². The van der Waals surface area contributed by atoms with Gasteiger partial charge < -0.3 is 9.42 Å². The maximum absolute atomic E-state index is 13.1. The summed E-state index contributed by atoms with van der Waals surface area (Å²) >= 11 is 6.11. The van der Waals surface area contributed by atoms with Crippen molar-refractivity contribution in [3.05, 3.63) is 40.6 Å². The van der Waals surface area contributed by atoms with E-state index in [4.69, 9.17) is 16.1 Å². The van der Waals surface area contributed by atoms with Gasteiger partial charge in [-0.15, -0.1) is 0 Å². The molecule has 4 rings (SSSR count). The SMILES string of the molecule is O=C1c2c(-c3cccc(Cl)c3)noc2CCC1CCCCN1CCCCC1. The van der Waals surface area contributed by atoms with Crippen molar-refractivity contribution in [3.63, 3.8) is 0 Å². The molecule has 4 nitrogen and oxygen atoms in total. The minimum Gasteiger partial charge on any atom is -0.360 e. The van der Waals surface area contributed by atoms with Gasteiger partial charge in [-0.2, -0.15) is 0 Å². The normalized spacial score (nSPS) is 20.6. The van der Waals surface area contributed by atoms with Gasteiger partial charge in [0.1, 0.15) is 11.5 Å². The highest BCUT2D eigenvalue weighted by Crippen LogP contribution is 2.35. The van der Waals surface area contributed by atoms with E-state index in [2.05, 4.69) is 10.1 Å². The lowest BCUT2D eigenvalue weighted by Gasteiger charge is -2.26. The highest BCUT2D eigenvalue weighted by atomic mass is 35.5. The molecule has 1 atom stereocenters. The summed E-state index contributed by atoms with van der Waals surface area (Å²) in [7, 11) is 0. The molecule has 1 aromatic carbocycles. The second kappa shape index (κ2) is 8.57. The van der Waals surface area contributed by atoms with Crippen LogP contribution < -0.4 is 0 Å². The Bertz CT molecular complexity index is 795. The fourth-order valence-electron chi connectivity index (χ4n) is 4.41. The van der Waals surface area contributed by atoms with Crippen LogP contribution >= 0.6 is 11.6 Å². The molecule has 0 amide bonds. The van der Waals surface area contributed by atoms with Crippen LogP contribution in [0.3, 0.4) is 0 Å². The van der Waals surface area contributed by atoms with Crippen LogP contribution in [-0.4, -0.2) is 35.5 Å². The summed E-state index contributed by atoms with van der Waals surface area (Å²) < 4.78 is 5.48. The van der Waals surface area contributed by atoms with Gasteiger partial charge in [0.15, 0.2) is 5.78 Å². The number of aromatic nitrogens is 1. The lowest BCUT2D eigenvalue weighted by atomic mass is 9.82. The first-order valence-corrected chi connectivity index (χ1v) is 10.6. The average molecular weight is 387 g/mol. The van der Waals surface area contributed by atoms with Gasteiger partial charge in [-0.05, 0) is 63.9 Å². The molecule has 0 bridgehead atoms. The van der Waals surface area contributed by atoms with E-state index in [1.54, 1.807) is 0 Å². The minimum absolute atomic E-state index is 0.0937. The Hall–Kier alpha value is -1.65. The number of halogens is 1. The van der Waals surface area contributed by atoms with E-state index in [1.165, 1.54) is 45.3 Å². The zero-order chi connectivity index (χ0) is 18.6. The van der Waals surface area contributed by atoms with Gasteiger partial charge in [-0.25, -0.2) is 0 Å². The molecule has 1 aliphatic heterocycles. The molecule has 0 saturated carbocycles. The van der Waals surface area contributed by atoms with Gasteiger partial charge in [-0.1, -0.05) is 41.7 Å². The van der Waals surface area contributed by atoms with E-state index in [-0.39, 0.29) is 11.7 Å². The van der Waals surface area contributed by atoms with Crippen molar-refractivity contribution in [2.45, 2.75) is 51.4 Å². The van der Waals surface area contributed by atoms with Crippen molar-refractivity contribution >= 4 is 17.4 Å². The summed E-state index contributed by atoms with van der Waals surface area (Å²) in [5.41, 5.74) is 2.19. The zero-order valence-corrected chi connectivity index (χ0v) is 16.5. The van der Waals surface area contributed by atoms with Gasteiger partial charge in [0.05, 0.1) is 5.56 Å². The van der Waals surface area contributed by atoms with E-state index in [9.17, 15) is 4.79 Å². The Balaban J connectivity index is 1.38. The summed E-state index contributed by atoms with van der Waals surface area (Å²) in [5.74, 6) is 1.03. The van der Waals surface area contributed by atoms with Gasteiger partial charge in [0.25, 0.3) is 0 Å². The first-order chi connectivity index (χ1) is 13.2. The van der Waals surface area contributed by atoms with Crippen LogP contribution in [0, 0.1) is 5.92 Å². The third kappa shape index (κ3) is 4.27. The molecule has 144 valence electrons. The predicted octanol–water partition coefficient (Wildman–Crippen LogP) is 5.40. The highest BCUT2D eigenvalue weighted by Gasteiger charge is 2.33. The maximum Gasteiger partial charge on any atom is 0.171 e. The largest absolute Gasteiger partial charge is 0.360 e. The number of likely N-dealkylation sites (tertiary alicyclic amines) is 1. The molecule has 0 spiro atoms. The van der Waals surface area contributed by atoms with Gasteiger partial charge in [-0.3, -0.25) is 4.79 Å². The van der Waals surface area contributed by atoms with Crippen LogP contribution in [0.1, 0.15) is 61.1 Å². The quantitative estimate of drug-likeness (QED) is 0.624. The molecule has 1 fully saturated rings. The molecule has 0 N–H and O–H groups in total. The number of fused-ring (bicyclic) bond motifs is 1. The molecule has 1 aromatic heterocycles. The maximum atomic E-state index is 13.1. The Kier molecular flexibility index (Phi) is 5.94.